The molecule has 1 aliphatic rings. The lowest BCUT2D eigenvalue weighted by Gasteiger charge is -2.35. The van der Waals surface area contributed by atoms with Gasteiger partial charge in [-0.15, -0.1) is 0 Å². The molecule has 1 unspecified atom stereocenters. The number of piperazine rings is 1. The first-order valence-corrected chi connectivity index (χ1v) is 16.4. The number of aromatic nitrogens is 2. The van der Waals surface area contributed by atoms with Crippen LogP contribution in [0.1, 0.15) is 48.9 Å². The maximum Gasteiger partial charge on any atom is 0.407 e. The van der Waals surface area contributed by atoms with E-state index >= 15 is 0 Å². The van der Waals surface area contributed by atoms with Crippen molar-refractivity contribution in [1.82, 2.24) is 24.3 Å². The molecular weight excluding hydrogens is 594 g/mol. The average molecular weight is 642 g/mol. The van der Waals surface area contributed by atoms with Crippen LogP contribution < -0.4 is 15.0 Å². The minimum atomic E-state index is -0.895. The number of ether oxygens (including phenoxy) is 2. The van der Waals surface area contributed by atoms with E-state index in [1.165, 1.54) is 10.5 Å². The van der Waals surface area contributed by atoms with Crippen LogP contribution in [-0.2, 0) is 20.0 Å². The Hall–Kier alpha value is -4.41. The molecule has 2 aromatic heterocycles. The van der Waals surface area contributed by atoms with Gasteiger partial charge in [0.2, 0.25) is 0 Å². The van der Waals surface area contributed by atoms with Crippen LogP contribution in [0.15, 0.2) is 65.8 Å². The lowest BCUT2D eigenvalue weighted by atomic mass is 9.98. The number of fused-ring (bicyclic) bond motifs is 1. The summed E-state index contributed by atoms with van der Waals surface area (Å²) in [6.07, 6.45) is 8.10. The first-order valence-electron chi connectivity index (χ1n) is 16.4. The highest BCUT2D eigenvalue weighted by Gasteiger charge is 2.23. The monoisotopic (exact) mass is 641 g/mol. The van der Waals surface area contributed by atoms with E-state index in [0.717, 1.165) is 104 Å². The summed E-state index contributed by atoms with van der Waals surface area (Å²) in [6.45, 7) is 7.76. The minimum absolute atomic E-state index is 0.0798. The zero-order chi connectivity index (χ0) is 33.5. The number of benzene rings is 2. The van der Waals surface area contributed by atoms with Crippen LogP contribution in [0.25, 0.3) is 21.9 Å². The highest BCUT2D eigenvalue weighted by molar-refractivity contribution is 5.95. The number of carboxylic acid groups (broad SMARTS) is 1. The molecular formula is C37H47N5O5. The summed E-state index contributed by atoms with van der Waals surface area (Å²) in [6, 6.07) is 14.3. The number of carbonyl (C=O) groups is 1. The van der Waals surface area contributed by atoms with Gasteiger partial charge in [0.05, 0.1) is 31.2 Å². The van der Waals surface area contributed by atoms with Gasteiger partial charge in [0.1, 0.15) is 11.5 Å². The predicted octanol–water partition coefficient (Wildman–Crippen LogP) is 5.82. The van der Waals surface area contributed by atoms with Gasteiger partial charge in [0.25, 0.3) is 5.56 Å². The van der Waals surface area contributed by atoms with Gasteiger partial charge in [-0.1, -0.05) is 37.6 Å². The van der Waals surface area contributed by atoms with Crippen molar-refractivity contribution in [3.05, 3.63) is 88.1 Å². The molecule has 0 bridgehead atoms. The van der Waals surface area contributed by atoms with Crippen molar-refractivity contribution in [3.8, 4) is 22.6 Å². The molecule has 4 aromatic rings. The van der Waals surface area contributed by atoms with Crippen molar-refractivity contribution >= 4 is 16.9 Å². The predicted molar refractivity (Wildman–Crippen MR) is 185 cm³/mol. The zero-order valence-electron chi connectivity index (χ0n) is 28.2. The Labute approximate surface area is 277 Å². The summed E-state index contributed by atoms with van der Waals surface area (Å²) in [4.78, 5) is 34.8. The Bertz CT molecular complexity index is 1700. The third-order valence-corrected chi connectivity index (χ3v) is 9.39. The largest absolute Gasteiger partial charge is 0.496 e. The first-order chi connectivity index (χ1) is 22.7. The van der Waals surface area contributed by atoms with Gasteiger partial charge < -0.3 is 28.9 Å². The number of nitrogens with zero attached hydrogens (tertiary/aromatic N) is 5. The zero-order valence-corrected chi connectivity index (χ0v) is 28.2. The van der Waals surface area contributed by atoms with Gasteiger partial charge in [-0.2, -0.15) is 0 Å². The summed E-state index contributed by atoms with van der Waals surface area (Å²) in [7, 11) is 6.78. The molecule has 10 nitrogen and oxygen atoms in total. The number of methoxy groups -OCH3 is 2. The summed E-state index contributed by atoms with van der Waals surface area (Å²) < 4.78 is 13.4. The molecule has 1 amide bonds. The molecule has 2 aromatic carbocycles. The average Bonchev–Trinajstić information content (AvgIpc) is 3.09. The molecule has 1 N–H and O–H groups in total. The fourth-order valence-electron chi connectivity index (χ4n) is 6.64. The van der Waals surface area contributed by atoms with E-state index in [9.17, 15) is 14.7 Å². The lowest BCUT2D eigenvalue weighted by molar-refractivity contribution is 0.124. The summed E-state index contributed by atoms with van der Waals surface area (Å²) in [5, 5.41) is 10.9. The number of rotatable bonds is 13. The standard InChI is InChI=1S/C37H47N5O5/c1-6-8-33(40(3)37(44)45)27-12-10-26(11-13-27)9-7-16-41-17-19-42(20-18-41)25-32-34(46-4)21-28(22-35(32)47-5)31-24-39(2)36(43)30-23-38-15-14-29(30)31/h10-15,21-24,33H,6-9,16-20,25H2,1-5H3,(H,44,45). The topological polar surface area (TPSA) is 100 Å². The quantitative estimate of drug-likeness (QED) is 0.195. The summed E-state index contributed by atoms with van der Waals surface area (Å²) >= 11 is 0. The maximum atomic E-state index is 12.7. The van der Waals surface area contributed by atoms with Gasteiger partial charge >= 0.3 is 6.09 Å². The van der Waals surface area contributed by atoms with E-state index < -0.39 is 6.09 Å². The number of hydrogen-bond donors (Lipinski definition) is 1. The second-order valence-electron chi connectivity index (χ2n) is 12.4. The fraction of sp³-hybridized carbons (Fsp3) is 0.432. The van der Waals surface area contributed by atoms with E-state index in [4.69, 9.17) is 9.47 Å². The van der Waals surface area contributed by atoms with Crippen LogP contribution in [0, 0.1) is 0 Å². The molecule has 250 valence electrons. The van der Waals surface area contributed by atoms with Crippen LogP contribution >= 0.6 is 0 Å². The van der Waals surface area contributed by atoms with Gasteiger partial charge in [-0.3, -0.25) is 14.7 Å². The van der Waals surface area contributed by atoms with Gasteiger partial charge in [-0.05, 0) is 66.1 Å². The van der Waals surface area contributed by atoms with Crippen LogP contribution in [0.5, 0.6) is 11.5 Å². The highest BCUT2D eigenvalue weighted by atomic mass is 16.5. The third kappa shape index (κ3) is 7.77. The lowest BCUT2D eigenvalue weighted by Crippen LogP contribution is -2.46. The summed E-state index contributed by atoms with van der Waals surface area (Å²) in [5.41, 5.74) is 5.11. The maximum absolute atomic E-state index is 12.7. The minimum Gasteiger partial charge on any atom is -0.496 e. The first kappa shape index (κ1) is 33.9. The Kier molecular flexibility index (Phi) is 11.2. The Morgan fingerprint density at radius 2 is 1.66 bits per heavy atom. The SMILES string of the molecule is CCCC(c1ccc(CCCN2CCN(Cc3c(OC)cc(-c4cn(C)c(=O)c5cnccc45)cc3OC)CC2)cc1)N(C)C(=O)O. The van der Waals surface area contributed by atoms with Crippen LogP contribution in [0.2, 0.25) is 0 Å². The molecule has 3 heterocycles. The molecule has 0 saturated carbocycles. The molecule has 0 spiro atoms. The molecule has 1 fully saturated rings. The van der Waals surface area contributed by atoms with Crippen LogP contribution in [0.4, 0.5) is 4.79 Å². The highest BCUT2D eigenvalue weighted by Crippen LogP contribution is 2.38. The third-order valence-electron chi connectivity index (χ3n) is 9.39. The van der Waals surface area contributed by atoms with Crippen molar-refractivity contribution in [2.45, 2.75) is 45.2 Å². The molecule has 5 rings (SSSR count). The molecule has 1 atom stereocenters. The molecule has 47 heavy (non-hydrogen) atoms. The molecule has 0 radical (unpaired) electrons. The van der Waals surface area contributed by atoms with Crippen molar-refractivity contribution < 1.29 is 19.4 Å². The van der Waals surface area contributed by atoms with E-state index in [0.29, 0.717) is 5.39 Å². The number of aryl methyl sites for hydroxylation is 2. The molecule has 10 heteroatoms. The second kappa shape index (κ2) is 15.5. The summed E-state index contributed by atoms with van der Waals surface area (Å²) in [5.74, 6) is 1.53. The van der Waals surface area contributed by atoms with Crippen molar-refractivity contribution in [3.63, 3.8) is 0 Å². The van der Waals surface area contributed by atoms with Gasteiger partial charge in [0.15, 0.2) is 0 Å². The number of hydrogen-bond acceptors (Lipinski definition) is 7. The van der Waals surface area contributed by atoms with Crippen molar-refractivity contribution in [2.24, 2.45) is 7.05 Å². The molecule has 0 aliphatic carbocycles. The van der Waals surface area contributed by atoms with Gasteiger partial charge in [0, 0.05) is 71.0 Å². The molecule has 1 aliphatic heterocycles. The van der Waals surface area contributed by atoms with Crippen LogP contribution in [-0.4, -0.2) is 89.4 Å². The van der Waals surface area contributed by atoms with Crippen molar-refractivity contribution in [1.29, 1.82) is 0 Å². The Balaban J connectivity index is 1.18. The Morgan fingerprint density at radius 3 is 2.28 bits per heavy atom. The normalized spacial score (nSPS) is 14.7. The number of pyridine rings is 2. The Morgan fingerprint density at radius 1 is 1.00 bits per heavy atom. The smallest absolute Gasteiger partial charge is 0.407 e. The fourth-order valence-corrected chi connectivity index (χ4v) is 6.64. The van der Waals surface area contributed by atoms with E-state index in [2.05, 4.69) is 46.0 Å². The second-order valence-corrected chi connectivity index (χ2v) is 12.4. The number of amides is 1. The van der Waals surface area contributed by atoms with Crippen LogP contribution in [0.3, 0.4) is 0 Å². The van der Waals surface area contributed by atoms with E-state index in [1.807, 2.05) is 24.4 Å². The molecule has 1 saturated heterocycles. The van der Waals surface area contributed by atoms with E-state index in [1.54, 1.807) is 45.3 Å². The van der Waals surface area contributed by atoms with Crippen molar-refractivity contribution in [2.75, 3.05) is 54.0 Å². The van der Waals surface area contributed by atoms with E-state index in [-0.39, 0.29) is 11.6 Å². The van der Waals surface area contributed by atoms with Gasteiger partial charge in [-0.25, -0.2) is 4.79 Å².